The van der Waals surface area contributed by atoms with E-state index in [1.807, 2.05) is 12.2 Å². The first-order valence-corrected chi connectivity index (χ1v) is 5.26. The molecule has 0 atom stereocenters. The van der Waals surface area contributed by atoms with Gasteiger partial charge in [-0.1, -0.05) is 37.6 Å². The Labute approximate surface area is 95.5 Å². The highest BCUT2D eigenvalue weighted by atomic mass is 35.5. The quantitative estimate of drug-likeness (QED) is 0.322. The van der Waals surface area contributed by atoms with Crippen LogP contribution in [0.5, 0.6) is 0 Å². The summed E-state index contributed by atoms with van der Waals surface area (Å²) in [6.07, 6.45) is 5.67. The van der Waals surface area contributed by atoms with E-state index in [0.717, 1.165) is 0 Å². The van der Waals surface area contributed by atoms with Crippen molar-refractivity contribution in [1.82, 2.24) is 10.5 Å². The smallest absolute Gasteiger partial charge is 0.0532 e. The van der Waals surface area contributed by atoms with Gasteiger partial charge in [-0.25, -0.2) is 0 Å². The third kappa shape index (κ3) is 6.27. The molecule has 0 unspecified atom stereocenters. The molecule has 0 saturated heterocycles. The van der Waals surface area contributed by atoms with Crippen molar-refractivity contribution in [3.05, 3.63) is 23.9 Å². The van der Waals surface area contributed by atoms with E-state index in [-0.39, 0.29) is 5.41 Å². The minimum absolute atomic E-state index is 0.00645. The number of nitrogens with one attached hydrogen (secondary N) is 1. The van der Waals surface area contributed by atoms with E-state index in [4.69, 9.17) is 29.0 Å². The first kappa shape index (κ1) is 13.8. The van der Waals surface area contributed by atoms with E-state index in [9.17, 15) is 0 Å². The van der Waals surface area contributed by atoms with E-state index < -0.39 is 0 Å². The molecule has 0 radical (unpaired) electrons. The Bertz CT molecular complexity index is 202. The topological polar surface area (TPSA) is 41.3 Å². The highest BCUT2D eigenvalue weighted by molar-refractivity contribution is 6.25. The molecule has 0 rings (SSSR count). The van der Waals surface area contributed by atoms with Gasteiger partial charge in [0, 0.05) is 17.6 Å². The molecular formula is C9H17Cl2N3. The summed E-state index contributed by atoms with van der Waals surface area (Å²) in [4.78, 5) is 0. The van der Waals surface area contributed by atoms with Crippen LogP contribution in [-0.2, 0) is 0 Å². The van der Waals surface area contributed by atoms with Crippen molar-refractivity contribution in [2.75, 3.05) is 12.4 Å². The minimum Gasteiger partial charge on any atom is -0.298 e. The maximum absolute atomic E-state index is 5.76. The minimum atomic E-state index is 0.00645. The van der Waals surface area contributed by atoms with Crippen molar-refractivity contribution >= 4 is 23.2 Å². The normalized spacial score (nSPS) is 12.9. The summed E-state index contributed by atoms with van der Waals surface area (Å²) < 4.78 is 0. The molecule has 0 aromatic heterocycles. The van der Waals surface area contributed by atoms with Crippen molar-refractivity contribution in [2.24, 2.45) is 11.3 Å². The molecule has 5 heteroatoms. The number of alkyl halides is 1. The molecule has 0 aromatic carbocycles. The Kier molecular flexibility index (Phi) is 7.01. The summed E-state index contributed by atoms with van der Waals surface area (Å²) in [5.41, 5.74) is 3.88. The van der Waals surface area contributed by atoms with Crippen molar-refractivity contribution < 1.29 is 0 Å². The molecule has 0 aliphatic heterocycles. The summed E-state index contributed by atoms with van der Waals surface area (Å²) in [6, 6.07) is 0. The number of nitrogens with two attached hydrogens (primary N) is 1. The second-order valence-corrected chi connectivity index (χ2v) is 4.10. The number of allylic oxidation sites excluding steroid dienone is 1. The van der Waals surface area contributed by atoms with Gasteiger partial charge in [-0.15, -0.1) is 11.6 Å². The molecule has 0 aliphatic carbocycles. The van der Waals surface area contributed by atoms with Gasteiger partial charge in [0.25, 0.3) is 0 Å². The predicted molar refractivity (Wildman–Crippen MR) is 62.7 cm³/mol. The van der Waals surface area contributed by atoms with Gasteiger partial charge in [0.05, 0.1) is 6.54 Å². The number of hydrogen-bond acceptors (Lipinski definition) is 3. The Morgan fingerprint density at radius 2 is 2.14 bits per heavy atom. The average Bonchev–Trinajstić information content (AvgIpc) is 2.16. The van der Waals surface area contributed by atoms with Crippen LogP contribution in [0.15, 0.2) is 23.9 Å². The Morgan fingerprint density at radius 3 is 2.57 bits per heavy atom. The average molecular weight is 238 g/mol. The molecule has 0 saturated carbocycles. The summed E-state index contributed by atoms with van der Waals surface area (Å²) >= 11 is 11.2. The van der Waals surface area contributed by atoms with Gasteiger partial charge in [-0.2, -0.15) is 5.53 Å². The van der Waals surface area contributed by atoms with Crippen LogP contribution in [0.25, 0.3) is 0 Å². The highest BCUT2D eigenvalue weighted by Crippen LogP contribution is 2.18. The molecule has 0 aromatic rings. The van der Waals surface area contributed by atoms with Crippen LogP contribution in [-0.4, -0.2) is 17.4 Å². The lowest BCUT2D eigenvalue weighted by molar-refractivity contribution is 0.303. The number of nitrogens with zero attached hydrogens (tertiary/aromatic N) is 1. The molecule has 82 valence electrons. The summed E-state index contributed by atoms with van der Waals surface area (Å²) in [7, 11) is 0. The zero-order chi connectivity index (χ0) is 11.0. The predicted octanol–water partition coefficient (Wildman–Crippen LogP) is 2.20. The summed E-state index contributed by atoms with van der Waals surface area (Å²) in [5.74, 6) is 5.84. The summed E-state index contributed by atoms with van der Waals surface area (Å²) in [6.45, 7) is 4.77. The third-order valence-corrected chi connectivity index (χ3v) is 2.42. The lowest BCUT2D eigenvalue weighted by Gasteiger charge is -2.18. The van der Waals surface area contributed by atoms with Crippen molar-refractivity contribution in [1.29, 1.82) is 0 Å². The molecule has 14 heavy (non-hydrogen) atoms. The first-order valence-electron chi connectivity index (χ1n) is 4.29. The molecule has 0 fully saturated rings. The van der Waals surface area contributed by atoms with Gasteiger partial charge in [0.2, 0.25) is 0 Å². The number of hydrogen-bond donors (Lipinski definition) is 2. The molecule has 0 spiro atoms. The zero-order valence-electron chi connectivity index (χ0n) is 8.50. The lowest BCUT2D eigenvalue weighted by Crippen LogP contribution is -2.39. The van der Waals surface area contributed by atoms with Crippen LogP contribution in [0, 0.1) is 5.41 Å². The van der Waals surface area contributed by atoms with E-state index in [0.29, 0.717) is 12.4 Å². The monoisotopic (exact) mass is 237 g/mol. The SMILES string of the molecule is CC(C)(/C=C/CN(/C=C/Cl)NN)CCl. The van der Waals surface area contributed by atoms with Gasteiger partial charge >= 0.3 is 0 Å². The van der Waals surface area contributed by atoms with Gasteiger partial charge in [0.15, 0.2) is 0 Å². The molecule has 3 nitrogen and oxygen atoms in total. The Hall–Kier alpha value is -0.220. The van der Waals surface area contributed by atoms with Crippen molar-refractivity contribution in [3.63, 3.8) is 0 Å². The second-order valence-electron chi connectivity index (χ2n) is 3.58. The molecule has 0 aliphatic rings. The fourth-order valence-corrected chi connectivity index (χ4v) is 0.980. The van der Waals surface area contributed by atoms with Crippen LogP contribution in [0.2, 0.25) is 0 Å². The van der Waals surface area contributed by atoms with E-state index in [2.05, 4.69) is 19.4 Å². The Morgan fingerprint density at radius 1 is 1.50 bits per heavy atom. The van der Waals surface area contributed by atoms with Crippen LogP contribution in [0.1, 0.15) is 13.8 Å². The third-order valence-electron chi connectivity index (χ3n) is 1.62. The Balaban J connectivity index is 4.02. The number of hydrazine groups is 2. The van der Waals surface area contributed by atoms with Gasteiger partial charge in [0.1, 0.15) is 0 Å². The molecule has 3 N–H and O–H groups in total. The van der Waals surface area contributed by atoms with E-state index in [1.165, 1.54) is 5.54 Å². The van der Waals surface area contributed by atoms with E-state index >= 15 is 0 Å². The lowest BCUT2D eigenvalue weighted by atomic mass is 9.96. The van der Waals surface area contributed by atoms with Crippen LogP contribution >= 0.6 is 23.2 Å². The van der Waals surface area contributed by atoms with E-state index in [1.54, 1.807) is 11.2 Å². The van der Waals surface area contributed by atoms with Gasteiger partial charge in [-0.05, 0) is 5.41 Å². The van der Waals surface area contributed by atoms with Gasteiger partial charge < -0.3 is 0 Å². The number of rotatable bonds is 6. The van der Waals surface area contributed by atoms with Crippen LogP contribution in [0.3, 0.4) is 0 Å². The van der Waals surface area contributed by atoms with Crippen LogP contribution < -0.4 is 11.4 Å². The molecule has 0 heterocycles. The standard InChI is InChI=1S/C9H17Cl2N3/c1-9(2,8-11)4-3-6-14(13-12)7-5-10/h3-5,7,13H,6,8,12H2,1-2H3/b4-3+,7-5+. The highest BCUT2D eigenvalue weighted by Gasteiger charge is 2.10. The first-order chi connectivity index (χ1) is 6.55. The fraction of sp³-hybridized carbons (Fsp3) is 0.556. The fourth-order valence-electron chi connectivity index (χ4n) is 0.754. The maximum Gasteiger partial charge on any atom is 0.0532 e. The summed E-state index contributed by atoms with van der Waals surface area (Å²) in [5, 5.41) is 1.65. The van der Waals surface area contributed by atoms with Crippen molar-refractivity contribution in [3.8, 4) is 0 Å². The van der Waals surface area contributed by atoms with Gasteiger partial charge in [-0.3, -0.25) is 10.9 Å². The zero-order valence-corrected chi connectivity index (χ0v) is 10.0. The largest absolute Gasteiger partial charge is 0.298 e. The maximum atomic E-state index is 5.76. The second kappa shape index (κ2) is 7.12. The van der Waals surface area contributed by atoms with Crippen molar-refractivity contribution in [2.45, 2.75) is 13.8 Å². The molecule has 0 bridgehead atoms. The number of halogens is 2. The molecular weight excluding hydrogens is 221 g/mol. The van der Waals surface area contributed by atoms with Crippen LogP contribution in [0.4, 0.5) is 0 Å². The molecule has 0 amide bonds.